The molecule has 1 fully saturated rings. The number of hydrogen-bond acceptors (Lipinski definition) is 2. The highest BCUT2D eigenvalue weighted by Gasteiger charge is 2.13. The van der Waals surface area contributed by atoms with E-state index in [-0.39, 0.29) is 5.91 Å². The Bertz CT molecular complexity index is 103. The molecule has 1 aliphatic rings. The van der Waals surface area contributed by atoms with E-state index in [9.17, 15) is 4.79 Å². The van der Waals surface area contributed by atoms with Crippen molar-refractivity contribution in [3.05, 3.63) is 7.05 Å². The molecule has 1 saturated heterocycles. The molecule has 1 heterocycles. The van der Waals surface area contributed by atoms with Crippen molar-refractivity contribution in [2.45, 2.75) is 6.42 Å². The fourth-order valence-electron chi connectivity index (χ4n) is 0.618. The molecule has 0 aromatic heterocycles. The molecular formula is C5H9NO2. The van der Waals surface area contributed by atoms with E-state index < -0.39 is 0 Å². The molecule has 0 saturated carbocycles. The molecule has 0 spiro atoms. The van der Waals surface area contributed by atoms with Gasteiger partial charge in [0, 0.05) is 0 Å². The van der Waals surface area contributed by atoms with E-state index in [4.69, 9.17) is 4.74 Å². The van der Waals surface area contributed by atoms with Crippen LogP contribution in [0.4, 0.5) is 0 Å². The van der Waals surface area contributed by atoms with Crippen LogP contribution in [-0.4, -0.2) is 19.2 Å². The molecule has 46 valence electrons. The zero-order valence-electron chi connectivity index (χ0n) is 4.64. The van der Waals surface area contributed by atoms with Crippen molar-refractivity contribution < 1.29 is 14.4 Å². The van der Waals surface area contributed by atoms with Crippen molar-refractivity contribution in [1.82, 2.24) is 0 Å². The number of ether oxygens (including phenoxy) is 1. The summed E-state index contributed by atoms with van der Waals surface area (Å²) < 4.78 is 4.93. The van der Waals surface area contributed by atoms with E-state index in [1.54, 1.807) is 0 Å². The van der Waals surface area contributed by atoms with E-state index in [0.29, 0.717) is 24.7 Å². The van der Waals surface area contributed by atoms with Crippen LogP contribution >= 0.6 is 0 Å². The Kier molecular flexibility index (Phi) is 1.60. The van der Waals surface area contributed by atoms with Gasteiger partial charge in [-0.25, -0.2) is 4.79 Å². The summed E-state index contributed by atoms with van der Waals surface area (Å²) in [5.74, 6) is 0.149. The molecule has 8 heavy (non-hydrogen) atoms. The first kappa shape index (κ1) is 5.72. The minimum atomic E-state index is 0.149. The summed E-state index contributed by atoms with van der Waals surface area (Å²) in [7, 11) is 3.52. The second-order valence-corrected chi connectivity index (χ2v) is 1.83. The molecule has 0 aromatic carbocycles. The summed E-state index contributed by atoms with van der Waals surface area (Å²) >= 11 is 0. The molecule has 1 unspecified atom stereocenters. The van der Waals surface area contributed by atoms with Gasteiger partial charge in [-0.1, -0.05) is 0 Å². The molecule has 3 nitrogen and oxygen atoms in total. The van der Waals surface area contributed by atoms with Gasteiger partial charge in [-0.15, -0.1) is 7.05 Å². The quantitative estimate of drug-likeness (QED) is 0.392. The number of carbonyl (C=O) groups excluding carboxylic acids is 1. The lowest BCUT2D eigenvalue weighted by Crippen LogP contribution is -3.11. The summed E-state index contributed by atoms with van der Waals surface area (Å²) in [5, 5.41) is 0. The van der Waals surface area contributed by atoms with Gasteiger partial charge in [0.15, 0.2) is 6.73 Å². The SMILES string of the molecule is [CH2-][NH+]1COCCC1=O. The van der Waals surface area contributed by atoms with Crippen molar-refractivity contribution in [1.29, 1.82) is 0 Å². The largest absolute Gasteiger partial charge is 0.382 e. The van der Waals surface area contributed by atoms with Gasteiger partial charge >= 0.3 is 0 Å². The first-order chi connectivity index (χ1) is 3.80. The fourth-order valence-corrected chi connectivity index (χ4v) is 0.618. The van der Waals surface area contributed by atoms with E-state index in [1.807, 2.05) is 0 Å². The third-order valence-corrected chi connectivity index (χ3v) is 1.14. The number of amides is 1. The zero-order chi connectivity index (χ0) is 5.98. The Morgan fingerprint density at radius 1 is 1.75 bits per heavy atom. The van der Waals surface area contributed by atoms with Crippen molar-refractivity contribution in [3.63, 3.8) is 0 Å². The average molecular weight is 115 g/mol. The molecule has 0 aliphatic carbocycles. The van der Waals surface area contributed by atoms with Gasteiger partial charge in [0.2, 0.25) is 0 Å². The highest BCUT2D eigenvalue weighted by molar-refractivity contribution is 5.66. The molecule has 1 rings (SSSR count). The van der Waals surface area contributed by atoms with Gasteiger partial charge < -0.3 is 9.64 Å². The fraction of sp³-hybridized carbons (Fsp3) is 0.600. The molecule has 0 radical (unpaired) electrons. The molecule has 1 N–H and O–H groups in total. The molecule has 0 bridgehead atoms. The van der Waals surface area contributed by atoms with E-state index in [1.165, 1.54) is 0 Å². The smallest absolute Gasteiger partial charge is 0.290 e. The first-order valence-corrected chi connectivity index (χ1v) is 2.59. The van der Waals surface area contributed by atoms with Gasteiger partial charge in [-0.05, 0) is 0 Å². The van der Waals surface area contributed by atoms with E-state index >= 15 is 0 Å². The Hall–Kier alpha value is -0.410. The lowest BCUT2D eigenvalue weighted by Gasteiger charge is -2.21. The van der Waals surface area contributed by atoms with Crippen molar-refractivity contribution in [3.8, 4) is 0 Å². The summed E-state index contributed by atoms with van der Waals surface area (Å²) in [6.45, 7) is 0.997. The van der Waals surface area contributed by atoms with E-state index in [0.717, 1.165) is 0 Å². The Balaban J connectivity index is 2.39. The summed E-state index contributed by atoms with van der Waals surface area (Å²) in [4.78, 5) is 11.2. The zero-order valence-corrected chi connectivity index (χ0v) is 4.64. The van der Waals surface area contributed by atoms with Crippen LogP contribution in [0.2, 0.25) is 0 Å². The van der Waals surface area contributed by atoms with Gasteiger partial charge in [0.05, 0.1) is 13.0 Å². The molecule has 1 aliphatic heterocycles. The maximum absolute atomic E-state index is 10.6. The maximum atomic E-state index is 10.6. The van der Waals surface area contributed by atoms with Crippen LogP contribution in [0.1, 0.15) is 6.42 Å². The summed E-state index contributed by atoms with van der Waals surface area (Å²) in [6, 6.07) is 0. The molecule has 3 heteroatoms. The highest BCUT2D eigenvalue weighted by Crippen LogP contribution is 1.82. The summed E-state index contributed by atoms with van der Waals surface area (Å²) in [6.07, 6.45) is 0.513. The lowest BCUT2D eigenvalue weighted by molar-refractivity contribution is -0.803. The lowest BCUT2D eigenvalue weighted by atomic mass is 10.4. The van der Waals surface area contributed by atoms with Crippen molar-refractivity contribution in [2.24, 2.45) is 0 Å². The number of rotatable bonds is 0. The number of quaternary nitrogens is 1. The standard InChI is InChI=1S/C5H9NO2/c1-6-4-8-3-2-5(6)7/h6H,1-4H2. The third-order valence-electron chi connectivity index (χ3n) is 1.14. The van der Waals surface area contributed by atoms with Crippen LogP contribution in [0, 0.1) is 7.05 Å². The van der Waals surface area contributed by atoms with Crippen LogP contribution < -0.4 is 4.90 Å². The Morgan fingerprint density at radius 2 is 2.50 bits per heavy atom. The number of carbonyl (C=O) groups is 1. The molecular weight excluding hydrogens is 106 g/mol. The maximum Gasteiger partial charge on any atom is 0.290 e. The predicted molar refractivity (Wildman–Crippen MR) is 26.8 cm³/mol. The predicted octanol–water partition coefficient (Wildman–Crippen LogP) is -1.43. The molecule has 1 atom stereocenters. The normalized spacial score (nSPS) is 30.6. The average Bonchev–Trinajstić information content (AvgIpc) is 1.77. The Labute approximate surface area is 48.2 Å². The number of nitrogens with one attached hydrogen (secondary N) is 1. The van der Waals surface area contributed by atoms with Gasteiger partial charge in [-0.2, -0.15) is 0 Å². The third kappa shape index (κ3) is 1.05. The number of hydrogen-bond donors (Lipinski definition) is 1. The first-order valence-electron chi connectivity index (χ1n) is 2.59. The Morgan fingerprint density at radius 3 is 2.88 bits per heavy atom. The summed E-state index contributed by atoms with van der Waals surface area (Å²) in [5.41, 5.74) is 0. The molecule has 1 amide bonds. The van der Waals surface area contributed by atoms with Gasteiger partial charge in [0.25, 0.3) is 5.91 Å². The monoisotopic (exact) mass is 115 g/mol. The minimum Gasteiger partial charge on any atom is -0.382 e. The van der Waals surface area contributed by atoms with Crippen molar-refractivity contribution in [2.75, 3.05) is 13.3 Å². The van der Waals surface area contributed by atoms with Crippen LogP contribution in [0.15, 0.2) is 0 Å². The van der Waals surface area contributed by atoms with Crippen LogP contribution in [0.25, 0.3) is 0 Å². The van der Waals surface area contributed by atoms with Crippen LogP contribution in [0.3, 0.4) is 0 Å². The highest BCUT2D eigenvalue weighted by atomic mass is 16.5. The van der Waals surface area contributed by atoms with Gasteiger partial charge in [0.1, 0.15) is 0 Å². The molecule has 0 aromatic rings. The second-order valence-electron chi connectivity index (χ2n) is 1.83. The van der Waals surface area contributed by atoms with Crippen LogP contribution in [0.5, 0.6) is 0 Å². The van der Waals surface area contributed by atoms with Gasteiger partial charge in [-0.3, -0.25) is 0 Å². The minimum absolute atomic E-state index is 0.149. The van der Waals surface area contributed by atoms with Crippen molar-refractivity contribution >= 4 is 5.91 Å². The van der Waals surface area contributed by atoms with E-state index in [2.05, 4.69) is 7.05 Å². The second kappa shape index (κ2) is 2.24. The van der Waals surface area contributed by atoms with Crippen LogP contribution in [-0.2, 0) is 9.53 Å². The topological polar surface area (TPSA) is 30.7 Å².